The van der Waals surface area contributed by atoms with Crippen LogP contribution in [0.5, 0.6) is 0 Å². The van der Waals surface area contributed by atoms with Crippen LogP contribution in [-0.2, 0) is 17.8 Å². The summed E-state index contributed by atoms with van der Waals surface area (Å²) in [6, 6.07) is 1.84. The van der Waals surface area contributed by atoms with Gasteiger partial charge in [-0.3, -0.25) is 0 Å². The SMILES string of the molecule is CC(C)(C)OC(=O)c1ccn2c1CNCC2. The number of hydrogen-bond acceptors (Lipinski definition) is 3. The molecule has 0 amide bonds. The van der Waals surface area contributed by atoms with Crippen molar-refractivity contribution in [3.8, 4) is 0 Å². The highest BCUT2D eigenvalue weighted by Gasteiger charge is 2.23. The molecule has 0 radical (unpaired) electrons. The number of rotatable bonds is 1. The normalized spacial score (nSPS) is 15.7. The van der Waals surface area contributed by atoms with Crippen LogP contribution in [0.1, 0.15) is 36.8 Å². The lowest BCUT2D eigenvalue weighted by molar-refractivity contribution is 0.00678. The van der Waals surface area contributed by atoms with Gasteiger partial charge < -0.3 is 14.6 Å². The van der Waals surface area contributed by atoms with Crippen molar-refractivity contribution in [1.29, 1.82) is 0 Å². The second-order valence-corrected chi connectivity index (χ2v) is 5.05. The molecule has 1 aromatic heterocycles. The fourth-order valence-corrected chi connectivity index (χ4v) is 1.84. The van der Waals surface area contributed by atoms with Crippen molar-refractivity contribution in [1.82, 2.24) is 9.88 Å². The third-order valence-electron chi connectivity index (χ3n) is 2.52. The lowest BCUT2D eigenvalue weighted by atomic mass is 10.1. The van der Waals surface area contributed by atoms with Crippen molar-refractivity contribution in [2.75, 3.05) is 6.54 Å². The first kappa shape index (κ1) is 11.2. The Morgan fingerprint density at radius 1 is 1.50 bits per heavy atom. The van der Waals surface area contributed by atoms with Gasteiger partial charge in [0, 0.05) is 31.5 Å². The van der Waals surface area contributed by atoms with E-state index in [1.165, 1.54) is 0 Å². The zero-order valence-electron chi connectivity index (χ0n) is 10.0. The number of ether oxygens (including phenoxy) is 1. The maximum atomic E-state index is 11.9. The predicted molar refractivity (Wildman–Crippen MR) is 61.3 cm³/mol. The molecule has 0 spiro atoms. The van der Waals surface area contributed by atoms with Crippen molar-refractivity contribution in [2.45, 2.75) is 39.5 Å². The van der Waals surface area contributed by atoms with Gasteiger partial charge >= 0.3 is 5.97 Å². The van der Waals surface area contributed by atoms with E-state index >= 15 is 0 Å². The monoisotopic (exact) mass is 222 g/mol. The molecule has 1 aromatic rings. The van der Waals surface area contributed by atoms with Gasteiger partial charge in [-0.1, -0.05) is 0 Å². The molecular formula is C12H18N2O2. The largest absolute Gasteiger partial charge is 0.456 e. The lowest BCUT2D eigenvalue weighted by Crippen LogP contribution is -2.30. The van der Waals surface area contributed by atoms with E-state index < -0.39 is 5.60 Å². The molecule has 0 saturated heterocycles. The molecule has 0 saturated carbocycles. The van der Waals surface area contributed by atoms with Crippen molar-refractivity contribution >= 4 is 5.97 Å². The van der Waals surface area contributed by atoms with E-state index in [1.807, 2.05) is 33.0 Å². The highest BCUT2D eigenvalue weighted by Crippen LogP contribution is 2.18. The molecule has 0 atom stereocenters. The molecule has 0 aromatic carbocycles. The van der Waals surface area contributed by atoms with Crippen molar-refractivity contribution in [2.24, 2.45) is 0 Å². The van der Waals surface area contributed by atoms with Crippen molar-refractivity contribution < 1.29 is 9.53 Å². The Hall–Kier alpha value is -1.29. The van der Waals surface area contributed by atoms with Crippen LogP contribution in [-0.4, -0.2) is 22.7 Å². The molecule has 1 aliphatic heterocycles. The smallest absolute Gasteiger partial charge is 0.340 e. The first-order valence-corrected chi connectivity index (χ1v) is 5.59. The standard InChI is InChI=1S/C12H18N2O2/c1-12(2,3)16-11(15)9-4-6-14-7-5-13-8-10(9)14/h4,6,13H,5,7-8H2,1-3H3. The molecule has 2 heterocycles. The summed E-state index contributed by atoms with van der Waals surface area (Å²) in [7, 11) is 0. The number of carbonyl (C=O) groups excluding carboxylic acids is 1. The number of nitrogens with zero attached hydrogens (tertiary/aromatic N) is 1. The topological polar surface area (TPSA) is 43.3 Å². The average molecular weight is 222 g/mol. The molecular weight excluding hydrogens is 204 g/mol. The Kier molecular flexibility index (Phi) is 2.76. The van der Waals surface area contributed by atoms with Gasteiger partial charge in [0.25, 0.3) is 0 Å². The Morgan fingerprint density at radius 3 is 2.94 bits per heavy atom. The summed E-state index contributed by atoms with van der Waals surface area (Å²) in [5.41, 5.74) is 1.27. The summed E-state index contributed by atoms with van der Waals surface area (Å²) >= 11 is 0. The van der Waals surface area contributed by atoms with E-state index in [0.717, 1.165) is 25.3 Å². The van der Waals surface area contributed by atoms with Gasteiger partial charge in [0.05, 0.1) is 5.56 Å². The van der Waals surface area contributed by atoms with Crippen LogP contribution in [0, 0.1) is 0 Å². The van der Waals surface area contributed by atoms with Gasteiger partial charge in [-0.2, -0.15) is 0 Å². The summed E-state index contributed by atoms with van der Waals surface area (Å²) in [6.45, 7) is 8.25. The molecule has 0 bridgehead atoms. The fraction of sp³-hybridized carbons (Fsp3) is 0.583. The second-order valence-electron chi connectivity index (χ2n) is 5.05. The zero-order valence-corrected chi connectivity index (χ0v) is 10.0. The molecule has 1 N–H and O–H groups in total. The zero-order chi connectivity index (χ0) is 11.8. The summed E-state index contributed by atoms with van der Waals surface area (Å²) < 4.78 is 7.48. The minimum absolute atomic E-state index is 0.232. The molecule has 2 rings (SSSR count). The Balaban J connectivity index is 2.21. The molecule has 4 heteroatoms. The Morgan fingerprint density at radius 2 is 2.25 bits per heavy atom. The summed E-state index contributed by atoms with van der Waals surface area (Å²) in [5, 5.41) is 3.26. The highest BCUT2D eigenvalue weighted by atomic mass is 16.6. The average Bonchev–Trinajstić information content (AvgIpc) is 2.58. The van der Waals surface area contributed by atoms with Crippen LogP contribution in [0.4, 0.5) is 0 Å². The van der Waals surface area contributed by atoms with Crippen LogP contribution in [0.15, 0.2) is 12.3 Å². The quantitative estimate of drug-likeness (QED) is 0.733. The summed E-state index contributed by atoms with van der Waals surface area (Å²) in [4.78, 5) is 11.9. The number of nitrogens with one attached hydrogen (secondary N) is 1. The van der Waals surface area contributed by atoms with Gasteiger partial charge in [0.2, 0.25) is 0 Å². The Labute approximate surface area is 95.6 Å². The molecule has 0 fully saturated rings. The van der Waals surface area contributed by atoms with Gasteiger partial charge in [0.1, 0.15) is 5.60 Å². The molecule has 0 unspecified atom stereocenters. The number of aromatic nitrogens is 1. The van der Waals surface area contributed by atoms with Crippen LogP contribution in [0.25, 0.3) is 0 Å². The van der Waals surface area contributed by atoms with E-state index in [9.17, 15) is 4.79 Å². The first-order chi connectivity index (χ1) is 7.47. The molecule has 16 heavy (non-hydrogen) atoms. The van der Waals surface area contributed by atoms with E-state index in [2.05, 4.69) is 9.88 Å². The number of fused-ring (bicyclic) bond motifs is 1. The van der Waals surface area contributed by atoms with Gasteiger partial charge in [0.15, 0.2) is 0 Å². The van der Waals surface area contributed by atoms with Gasteiger partial charge in [-0.05, 0) is 26.8 Å². The van der Waals surface area contributed by atoms with Gasteiger partial charge in [-0.15, -0.1) is 0 Å². The van der Waals surface area contributed by atoms with Crippen molar-refractivity contribution in [3.63, 3.8) is 0 Å². The highest BCUT2D eigenvalue weighted by molar-refractivity contribution is 5.91. The van der Waals surface area contributed by atoms with E-state index in [4.69, 9.17) is 4.74 Å². The summed E-state index contributed by atoms with van der Waals surface area (Å²) in [5.74, 6) is -0.232. The van der Waals surface area contributed by atoms with Crippen LogP contribution < -0.4 is 5.32 Å². The first-order valence-electron chi connectivity index (χ1n) is 5.59. The minimum Gasteiger partial charge on any atom is -0.456 e. The third-order valence-corrected chi connectivity index (χ3v) is 2.52. The molecule has 0 aliphatic carbocycles. The maximum Gasteiger partial charge on any atom is 0.340 e. The second kappa shape index (κ2) is 3.94. The molecule has 4 nitrogen and oxygen atoms in total. The lowest BCUT2D eigenvalue weighted by Gasteiger charge is -2.21. The maximum absolute atomic E-state index is 11.9. The third kappa shape index (κ3) is 2.27. The number of carbonyl (C=O) groups is 1. The predicted octanol–water partition coefficient (Wildman–Crippen LogP) is 1.55. The molecule has 1 aliphatic rings. The Bertz CT molecular complexity index is 402. The summed E-state index contributed by atoms with van der Waals surface area (Å²) in [6.07, 6.45) is 1.95. The fourth-order valence-electron chi connectivity index (χ4n) is 1.84. The number of esters is 1. The van der Waals surface area contributed by atoms with Crippen LogP contribution in [0.2, 0.25) is 0 Å². The van der Waals surface area contributed by atoms with Crippen LogP contribution in [0.3, 0.4) is 0 Å². The van der Waals surface area contributed by atoms with Crippen molar-refractivity contribution in [3.05, 3.63) is 23.5 Å². The van der Waals surface area contributed by atoms with Gasteiger partial charge in [-0.25, -0.2) is 4.79 Å². The van der Waals surface area contributed by atoms with E-state index in [0.29, 0.717) is 5.56 Å². The minimum atomic E-state index is -0.437. The van der Waals surface area contributed by atoms with Crippen LogP contribution >= 0.6 is 0 Å². The molecule has 88 valence electrons. The van der Waals surface area contributed by atoms with E-state index in [-0.39, 0.29) is 5.97 Å². The van der Waals surface area contributed by atoms with E-state index in [1.54, 1.807) is 0 Å². The number of hydrogen-bond donors (Lipinski definition) is 1.